The Morgan fingerprint density at radius 2 is 1.69 bits per heavy atom. The van der Waals surface area contributed by atoms with Crippen molar-refractivity contribution in [2.45, 2.75) is 31.6 Å². The molecule has 0 radical (unpaired) electrons. The van der Waals surface area contributed by atoms with Crippen LogP contribution in [0.4, 0.5) is 5.69 Å². The summed E-state index contributed by atoms with van der Waals surface area (Å²) in [4.78, 5) is 13.7. The molecule has 0 atom stereocenters. The molecule has 0 aromatic heterocycles. The molecule has 0 spiro atoms. The van der Waals surface area contributed by atoms with Crippen molar-refractivity contribution < 1.29 is 4.79 Å². The lowest BCUT2D eigenvalue weighted by Crippen LogP contribution is -2.14. The van der Waals surface area contributed by atoms with Gasteiger partial charge in [-0.15, -0.1) is 11.8 Å². The van der Waals surface area contributed by atoms with Crippen LogP contribution in [0.25, 0.3) is 11.1 Å². The first-order chi connectivity index (χ1) is 14.0. The van der Waals surface area contributed by atoms with Crippen molar-refractivity contribution in [3.05, 3.63) is 81.8 Å². The van der Waals surface area contributed by atoms with Gasteiger partial charge < -0.3 is 5.32 Å². The average Bonchev–Trinajstić information content (AvgIpc) is 2.70. The molecule has 0 fully saturated rings. The van der Waals surface area contributed by atoms with E-state index in [4.69, 9.17) is 23.2 Å². The third kappa shape index (κ3) is 5.57. The number of amides is 1. The van der Waals surface area contributed by atoms with Gasteiger partial charge in [0.15, 0.2) is 0 Å². The van der Waals surface area contributed by atoms with Crippen molar-refractivity contribution in [1.82, 2.24) is 0 Å². The van der Waals surface area contributed by atoms with Crippen LogP contribution in [0.5, 0.6) is 0 Å². The highest BCUT2D eigenvalue weighted by Gasteiger charge is 2.14. The van der Waals surface area contributed by atoms with Gasteiger partial charge in [-0.3, -0.25) is 4.79 Å². The first kappa shape index (κ1) is 21.8. The predicted molar refractivity (Wildman–Crippen MR) is 126 cm³/mol. The highest BCUT2D eigenvalue weighted by Crippen LogP contribution is 2.38. The van der Waals surface area contributed by atoms with E-state index in [-0.39, 0.29) is 5.91 Å². The number of rotatable bonds is 7. The number of anilines is 1. The van der Waals surface area contributed by atoms with Gasteiger partial charge in [0.1, 0.15) is 0 Å². The zero-order chi connectivity index (χ0) is 20.8. The number of benzene rings is 3. The maximum atomic E-state index is 12.5. The standard InChI is InChI=1S/C24H23Cl2NOS/c1-3-17-14-18(15-22(26)24(17)20-7-5-6-8-21(20)25)27-23(28)13-16-9-11-19(12-10-16)29-4-2/h5-12,14-15H,3-4,13H2,1-2H3,(H,27,28). The van der Waals surface area contributed by atoms with Gasteiger partial charge in [0.25, 0.3) is 0 Å². The van der Waals surface area contributed by atoms with E-state index in [0.717, 1.165) is 34.4 Å². The lowest BCUT2D eigenvalue weighted by Gasteiger charge is -2.15. The SMILES string of the molecule is CCSc1ccc(CC(=O)Nc2cc(Cl)c(-c3ccccc3Cl)c(CC)c2)cc1. The molecule has 0 saturated heterocycles. The Bertz CT molecular complexity index is 1000. The van der Waals surface area contributed by atoms with Crippen LogP contribution in [0.15, 0.2) is 65.6 Å². The Labute approximate surface area is 186 Å². The quantitative estimate of drug-likeness (QED) is 0.382. The van der Waals surface area contributed by atoms with Crippen molar-refractivity contribution in [3.63, 3.8) is 0 Å². The van der Waals surface area contributed by atoms with Gasteiger partial charge in [0.05, 0.1) is 11.4 Å². The van der Waals surface area contributed by atoms with E-state index in [1.807, 2.05) is 42.5 Å². The van der Waals surface area contributed by atoms with E-state index < -0.39 is 0 Å². The van der Waals surface area contributed by atoms with Crippen LogP contribution in [0.3, 0.4) is 0 Å². The van der Waals surface area contributed by atoms with Crippen molar-refractivity contribution in [2.75, 3.05) is 11.1 Å². The molecule has 0 aliphatic heterocycles. The van der Waals surface area contributed by atoms with Gasteiger partial charge in [-0.05, 0) is 53.6 Å². The smallest absolute Gasteiger partial charge is 0.228 e. The Hall–Kier alpha value is -1.94. The number of carbonyl (C=O) groups excluding carboxylic acids is 1. The summed E-state index contributed by atoms with van der Waals surface area (Å²) in [6, 6.07) is 19.5. The van der Waals surface area contributed by atoms with Crippen LogP contribution >= 0.6 is 35.0 Å². The van der Waals surface area contributed by atoms with Crippen molar-refractivity contribution in [2.24, 2.45) is 0 Å². The molecule has 0 bridgehead atoms. The number of nitrogens with one attached hydrogen (secondary N) is 1. The summed E-state index contributed by atoms with van der Waals surface area (Å²) in [5.74, 6) is 0.967. The molecule has 0 aliphatic carbocycles. The van der Waals surface area contributed by atoms with Crippen LogP contribution in [0, 0.1) is 0 Å². The Morgan fingerprint density at radius 1 is 0.966 bits per heavy atom. The van der Waals surface area contributed by atoms with E-state index in [0.29, 0.717) is 22.2 Å². The van der Waals surface area contributed by atoms with E-state index in [1.165, 1.54) is 4.90 Å². The van der Waals surface area contributed by atoms with Gasteiger partial charge in [-0.1, -0.05) is 67.4 Å². The molecule has 0 aliphatic rings. The molecular weight excluding hydrogens is 421 g/mol. The van der Waals surface area contributed by atoms with Gasteiger partial charge in [-0.2, -0.15) is 0 Å². The molecule has 1 N–H and O–H groups in total. The number of hydrogen-bond acceptors (Lipinski definition) is 2. The molecule has 3 aromatic rings. The fraction of sp³-hybridized carbons (Fsp3) is 0.208. The first-order valence-electron chi connectivity index (χ1n) is 9.60. The van der Waals surface area contributed by atoms with E-state index >= 15 is 0 Å². The van der Waals surface area contributed by atoms with Crippen molar-refractivity contribution >= 4 is 46.6 Å². The fourth-order valence-corrected chi connectivity index (χ4v) is 4.47. The van der Waals surface area contributed by atoms with Crippen LogP contribution < -0.4 is 5.32 Å². The second kappa shape index (κ2) is 10.2. The minimum absolute atomic E-state index is 0.0653. The number of thioether (sulfide) groups is 1. The van der Waals surface area contributed by atoms with Crippen LogP contribution in [0.2, 0.25) is 10.0 Å². The minimum atomic E-state index is -0.0653. The second-order valence-electron chi connectivity index (χ2n) is 6.63. The maximum Gasteiger partial charge on any atom is 0.228 e. The summed E-state index contributed by atoms with van der Waals surface area (Å²) in [7, 11) is 0. The van der Waals surface area contributed by atoms with Crippen molar-refractivity contribution in [3.8, 4) is 11.1 Å². The Morgan fingerprint density at radius 3 is 2.34 bits per heavy atom. The summed E-state index contributed by atoms with van der Waals surface area (Å²) in [6.45, 7) is 4.19. The number of halogens is 2. The molecule has 5 heteroatoms. The van der Waals surface area contributed by atoms with Crippen LogP contribution in [-0.4, -0.2) is 11.7 Å². The van der Waals surface area contributed by atoms with E-state index in [1.54, 1.807) is 17.8 Å². The predicted octanol–water partition coefficient (Wildman–Crippen LogP) is 7.52. The van der Waals surface area contributed by atoms with Crippen LogP contribution in [-0.2, 0) is 17.6 Å². The van der Waals surface area contributed by atoms with E-state index in [2.05, 4.69) is 31.3 Å². The first-order valence-corrected chi connectivity index (χ1v) is 11.3. The zero-order valence-corrected chi connectivity index (χ0v) is 18.8. The maximum absolute atomic E-state index is 12.5. The van der Waals surface area contributed by atoms with Gasteiger partial charge in [0.2, 0.25) is 5.91 Å². The third-order valence-corrected chi connectivity index (χ3v) is 6.10. The van der Waals surface area contributed by atoms with E-state index in [9.17, 15) is 4.79 Å². The summed E-state index contributed by atoms with van der Waals surface area (Å²) in [5, 5.41) is 4.21. The monoisotopic (exact) mass is 443 g/mol. The molecular formula is C24H23Cl2NOS. The molecule has 2 nitrogen and oxygen atoms in total. The minimum Gasteiger partial charge on any atom is -0.326 e. The molecule has 3 aromatic carbocycles. The molecule has 1 amide bonds. The number of aryl methyl sites for hydroxylation is 1. The molecule has 29 heavy (non-hydrogen) atoms. The summed E-state index contributed by atoms with van der Waals surface area (Å²) in [5.41, 5.74) is 4.55. The lowest BCUT2D eigenvalue weighted by molar-refractivity contribution is -0.115. The summed E-state index contributed by atoms with van der Waals surface area (Å²) >= 11 is 14.8. The molecule has 0 saturated carbocycles. The average molecular weight is 444 g/mol. The number of hydrogen-bond donors (Lipinski definition) is 1. The topological polar surface area (TPSA) is 29.1 Å². The molecule has 0 unspecified atom stereocenters. The highest BCUT2D eigenvalue weighted by molar-refractivity contribution is 7.99. The third-order valence-electron chi connectivity index (χ3n) is 4.58. The fourth-order valence-electron chi connectivity index (χ4n) is 3.24. The molecule has 150 valence electrons. The van der Waals surface area contributed by atoms with Gasteiger partial charge in [0, 0.05) is 26.7 Å². The van der Waals surface area contributed by atoms with Crippen LogP contribution in [0.1, 0.15) is 25.0 Å². The lowest BCUT2D eigenvalue weighted by atomic mass is 9.97. The summed E-state index contributed by atoms with van der Waals surface area (Å²) in [6.07, 6.45) is 1.10. The summed E-state index contributed by atoms with van der Waals surface area (Å²) < 4.78 is 0. The zero-order valence-electron chi connectivity index (χ0n) is 16.5. The Balaban J connectivity index is 1.78. The largest absolute Gasteiger partial charge is 0.326 e. The highest BCUT2D eigenvalue weighted by atomic mass is 35.5. The molecule has 0 heterocycles. The molecule has 3 rings (SSSR count). The van der Waals surface area contributed by atoms with Gasteiger partial charge >= 0.3 is 0 Å². The normalized spacial score (nSPS) is 10.8. The Kier molecular flexibility index (Phi) is 7.65. The number of carbonyl (C=O) groups is 1. The van der Waals surface area contributed by atoms with Crippen molar-refractivity contribution in [1.29, 1.82) is 0 Å². The van der Waals surface area contributed by atoms with Gasteiger partial charge in [-0.25, -0.2) is 0 Å². The second-order valence-corrected chi connectivity index (χ2v) is 8.78.